The summed E-state index contributed by atoms with van der Waals surface area (Å²) in [6, 6.07) is 8.99. The van der Waals surface area contributed by atoms with Crippen LogP contribution in [0.5, 0.6) is 5.75 Å². The van der Waals surface area contributed by atoms with E-state index >= 15 is 0 Å². The van der Waals surface area contributed by atoms with E-state index < -0.39 is 5.82 Å². The molecule has 8 nitrogen and oxygen atoms in total. The first kappa shape index (κ1) is 23.9. The second kappa shape index (κ2) is 11.2. The van der Waals surface area contributed by atoms with Crippen molar-refractivity contribution in [1.82, 2.24) is 15.2 Å². The number of carbonyl (C=O) groups is 2. The number of carbonyl (C=O) groups excluding carboxylic acids is 2. The van der Waals surface area contributed by atoms with E-state index in [2.05, 4.69) is 15.4 Å². The molecule has 2 amide bonds. The number of hydrazone groups is 1. The maximum absolute atomic E-state index is 13.8. The van der Waals surface area contributed by atoms with Gasteiger partial charge in [-0.1, -0.05) is 37.6 Å². The van der Waals surface area contributed by atoms with Gasteiger partial charge in [0.15, 0.2) is 5.69 Å². The van der Waals surface area contributed by atoms with Gasteiger partial charge in [-0.2, -0.15) is 5.10 Å². The topological polar surface area (TPSA) is 89.6 Å². The third kappa shape index (κ3) is 6.37. The van der Waals surface area contributed by atoms with Crippen molar-refractivity contribution in [3.63, 3.8) is 0 Å². The van der Waals surface area contributed by atoms with E-state index in [1.807, 2.05) is 11.8 Å². The maximum atomic E-state index is 13.8. The molecule has 1 aliphatic heterocycles. The highest BCUT2D eigenvalue weighted by Gasteiger charge is 2.23. The van der Waals surface area contributed by atoms with Gasteiger partial charge in [0.25, 0.3) is 11.8 Å². The molecule has 1 heterocycles. The molecule has 2 N–H and O–H groups in total. The molecule has 0 unspecified atom stereocenters. The Labute approximate surface area is 192 Å². The SMILES string of the molecule is [C-]#[N+]c1ccc(C(=O)N2CCN(CC(=O)N/N=C\c3cc(F)cc(CCC)c3O)CC2)cc1. The monoisotopic (exact) mass is 451 g/mol. The van der Waals surface area contributed by atoms with E-state index in [0.717, 1.165) is 12.5 Å². The van der Waals surface area contributed by atoms with Gasteiger partial charge in [0.05, 0.1) is 19.3 Å². The number of hydrogen-bond donors (Lipinski definition) is 2. The molecule has 33 heavy (non-hydrogen) atoms. The zero-order valence-corrected chi connectivity index (χ0v) is 18.4. The van der Waals surface area contributed by atoms with Crippen LogP contribution in [0.3, 0.4) is 0 Å². The molecule has 0 radical (unpaired) electrons. The standard InChI is InChI=1S/C24H26FN5O3/c1-3-4-18-13-20(25)14-19(23(18)32)15-27-28-22(31)16-29-9-11-30(12-10-29)24(33)17-5-7-21(26-2)8-6-17/h5-8,13-15,32H,3-4,9-12,16H2,1H3,(H,28,31)/b27-15-. The number of phenolic OH excluding ortho intramolecular Hbond substituents is 1. The molecule has 2 aromatic rings. The smallest absolute Gasteiger partial charge is 0.254 e. The first-order chi connectivity index (χ1) is 15.9. The quantitative estimate of drug-likeness (QED) is 0.385. The third-order valence-corrected chi connectivity index (χ3v) is 5.37. The van der Waals surface area contributed by atoms with E-state index in [9.17, 15) is 19.1 Å². The van der Waals surface area contributed by atoms with Gasteiger partial charge >= 0.3 is 0 Å². The fraction of sp³-hybridized carbons (Fsp3) is 0.333. The van der Waals surface area contributed by atoms with E-state index in [4.69, 9.17) is 6.57 Å². The highest BCUT2D eigenvalue weighted by atomic mass is 19.1. The Hall–Kier alpha value is -3.77. The van der Waals surface area contributed by atoms with Crippen molar-refractivity contribution in [3.05, 3.63) is 70.3 Å². The summed E-state index contributed by atoms with van der Waals surface area (Å²) in [6.45, 7) is 11.1. The average Bonchev–Trinajstić information content (AvgIpc) is 2.82. The molecule has 1 fully saturated rings. The summed E-state index contributed by atoms with van der Waals surface area (Å²) in [5.74, 6) is -0.956. The van der Waals surface area contributed by atoms with E-state index in [1.165, 1.54) is 12.3 Å². The number of amides is 2. The van der Waals surface area contributed by atoms with E-state index in [1.54, 1.807) is 29.2 Å². The largest absolute Gasteiger partial charge is 0.507 e. The number of piperazine rings is 1. The molecule has 0 bridgehead atoms. The first-order valence-electron chi connectivity index (χ1n) is 10.7. The van der Waals surface area contributed by atoms with Crippen molar-refractivity contribution < 1.29 is 19.1 Å². The van der Waals surface area contributed by atoms with Gasteiger partial charge in [-0.15, -0.1) is 0 Å². The predicted molar refractivity (Wildman–Crippen MR) is 123 cm³/mol. The molecule has 0 aliphatic carbocycles. The van der Waals surface area contributed by atoms with E-state index in [0.29, 0.717) is 49.4 Å². The summed E-state index contributed by atoms with van der Waals surface area (Å²) in [5, 5.41) is 14.1. The molecular formula is C24H26FN5O3. The van der Waals surface area contributed by atoms with Crippen LogP contribution < -0.4 is 5.43 Å². The minimum atomic E-state index is -0.473. The van der Waals surface area contributed by atoms with Gasteiger partial charge in [-0.25, -0.2) is 14.7 Å². The van der Waals surface area contributed by atoms with Gasteiger partial charge in [0.2, 0.25) is 0 Å². The first-order valence-corrected chi connectivity index (χ1v) is 10.7. The van der Waals surface area contributed by atoms with Crippen LogP contribution in [0, 0.1) is 12.4 Å². The second-order valence-corrected chi connectivity index (χ2v) is 7.77. The summed E-state index contributed by atoms with van der Waals surface area (Å²) < 4.78 is 13.8. The number of hydrogen-bond acceptors (Lipinski definition) is 5. The van der Waals surface area contributed by atoms with Gasteiger partial charge < -0.3 is 10.0 Å². The van der Waals surface area contributed by atoms with Gasteiger partial charge in [0.1, 0.15) is 11.6 Å². The minimum Gasteiger partial charge on any atom is -0.507 e. The van der Waals surface area contributed by atoms with Crippen LogP contribution in [0.1, 0.15) is 34.8 Å². The van der Waals surface area contributed by atoms with E-state index in [-0.39, 0.29) is 29.7 Å². The van der Waals surface area contributed by atoms with Crippen molar-refractivity contribution >= 4 is 23.7 Å². The lowest BCUT2D eigenvalue weighted by Gasteiger charge is -2.34. The Balaban J connectivity index is 1.47. The van der Waals surface area contributed by atoms with Gasteiger partial charge in [0, 0.05) is 37.3 Å². The highest BCUT2D eigenvalue weighted by Crippen LogP contribution is 2.24. The third-order valence-electron chi connectivity index (χ3n) is 5.37. The van der Waals surface area contributed by atoms with Crippen molar-refractivity contribution in [2.75, 3.05) is 32.7 Å². The van der Waals surface area contributed by atoms with Gasteiger partial charge in [-0.3, -0.25) is 14.5 Å². The number of aryl methyl sites for hydroxylation is 1. The summed E-state index contributed by atoms with van der Waals surface area (Å²) >= 11 is 0. The summed E-state index contributed by atoms with van der Waals surface area (Å²) in [4.78, 5) is 31.8. The minimum absolute atomic E-state index is 0.0410. The predicted octanol–water partition coefficient (Wildman–Crippen LogP) is 2.94. The Kier molecular flexibility index (Phi) is 8.11. The molecule has 1 aliphatic rings. The van der Waals surface area contributed by atoms with Crippen LogP contribution in [0.25, 0.3) is 4.85 Å². The number of aromatic hydroxyl groups is 1. The Morgan fingerprint density at radius 2 is 1.91 bits per heavy atom. The Morgan fingerprint density at radius 1 is 1.21 bits per heavy atom. The lowest BCUT2D eigenvalue weighted by molar-refractivity contribution is -0.122. The molecular weight excluding hydrogens is 425 g/mol. The van der Waals surface area contributed by atoms with Crippen molar-refractivity contribution in [2.24, 2.45) is 5.10 Å². The van der Waals surface area contributed by atoms with Crippen LogP contribution in [-0.4, -0.2) is 65.7 Å². The molecule has 2 aromatic carbocycles. The molecule has 1 saturated heterocycles. The van der Waals surface area contributed by atoms with Crippen molar-refractivity contribution in [3.8, 4) is 5.75 Å². The fourth-order valence-electron chi connectivity index (χ4n) is 3.62. The molecule has 0 aromatic heterocycles. The summed E-state index contributed by atoms with van der Waals surface area (Å²) in [5.41, 5.74) is 4.12. The van der Waals surface area contributed by atoms with Gasteiger partial charge in [-0.05, 0) is 24.1 Å². The van der Waals surface area contributed by atoms with Crippen LogP contribution >= 0.6 is 0 Å². The lowest BCUT2D eigenvalue weighted by atomic mass is 10.1. The zero-order chi connectivity index (χ0) is 23.8. The molecule has 0 spiro atoms. The number of nitrogens with zero attached hydrogens (tertiary/aromatic N) is 4. The molecule has 3 rings (SSSR count). The zero-order valence-electron chi connectivity index (χ0n) is 18.4. The highest BCUT2D eigenvalue weighted by molar-refractivity contribution is 5.94. The van der Waals surface area contributed by atoms with Crippen LogP contribution in [0.15, 0.2) is 41.5 Å². The van der Waals surface area contributed by atoms with Crippen LogP contribution in [-0.2, 0) is 11.2 Å². The molecule has 0 atom stereocenters. The fourth-order valence-corrected chi connectivity index (χ4v) is 3.62. The second-order valence-electron chi connectivity index (χ2n) is 7.77. The summed E-state index contributed by atoms with van der Waals surface area (Å²) in [7, 11) is 0. The van der Waals surface area contributed by atoms with Crippen LogP contribution in [0.4, 0.5) is 10.1 Å². The number of nitrogens with one attached hydrogen (secondary N) is 1. The number of phenols is 1. The number of benzene rings is 2. The van der Waals surface area contributed by atoms with Crippen molar-refractivity contribution in [2.45, 2.75) is 19.8 Å². The maximum Gasteiger partial charge on any atom is 0.254 e. The summed E-state index contributed by atoms with van der Waals surface area (Å²) in [6.07, 6.45) is 2.53. The lowest BCUT2D eigenvalue weighted by Crippen LogP contribution is -2.50. The molecule has 0 saturated carbocycles. The Bertz CT molecular complexity index is 1070. The molecule has 9 heteroatoms. The normalized spacial score (nSPS) is 14.3. The number of rotatable bonds is 7. The number of halogens is 1. The van der Waals surface area contributed by atoms with Crippen LogP contribution in [0.2, 0.25) is 0 Å². The Morgan fingerprint density at radius 3 is 2.55 bits per heavy atom. The molecule has 172 valence electrons. The average molecular weight is 452 g/mol. The van der Waals surface area contributed by atoms with Crippen molar-refractivity contribution in [1.29, 1.82) is 0 Å².